The van der Waals surface area contributed by atoms with E-state index in [0.29, 0.717) is 16.8 Å². The van der Waals surface area contributed by atoms with Crippen LogP contribution < -0.4 is 5.73 Å². The number of para-hydroxylation sites is 1. The van der Waals surface area contributed by atoms with Gasteiger partial charge >= 0.3 is 0 Å². The lowest BCUT2D eigenvalue weighted by molar-refractivity contribution is 0.104. The number of phenols is 1. The number of rotatable bonds is 3. The first kappa shape index (κ1) is 13.9. The van der Waals surface area contributed by atoms with Gasteiger partial charge in [0.25, 0.3) is 0 Å². The van der Waals surface area contributed by atoms with E-state index in [-0.39, 0.29) is 11.5 Å². The molecular weight excluding hydrogens is 274 g/mol. The molecule has 0 fully saturated rings. The van der Waals surface area contributed by atoms with Crippen LogP contribution in [-0.2, 0) is 0 Å². The third kappa shape index (κ3) is 2.56. The normalized spacial score (nSPS) is 11.1. The molecule has 3 N–H and O–H groups in total. The van der Waals surface area contributed by atoms with Crippen molar-refractivity contribution in [3.8, 4) is 5.75 Å². The molecule has 0 unspecified atom stereocenters. The van der Waals surface area contributed by atoms with E-state index < -0.39 is 0 Å². The molecule has 0 radical (unpaired) electrons. The Morgan fingerprint density at radius 2 is 1.68 bits per heavy atom. The summed E-state index contributed by atoms with van der Waals surface area (Å²) < 4.78 is 0. The summed E-state index contributed by atoms with van der Waals surface area (Å²) in [4.78, 5) is 12.2. The molecule has 0 amide bonds. The SMILES string of the molecule is Nc1ccccc1C(=O)/C=C/c1c(O)ccc2ccccc12. The number of aromatic hydroxyl groups is 1. The van der Waals surface area contributed by atoms with Crippen molar-refractivity contribution in [2.45, 2.75) is 0 Å². The molecular formula is C19H15NO2. The van der Waals surface area contributed by atoms with E-state index in [1.807, 2.05) is 30.3 Å². The Labute approximate surface area is 128 Å². The predicted molar refractivity (Wildman–Crippen MR) is 89.8 cm³/mol. The van der Waals surface area contributed by atoms with Gasteiger partial charge in [-0.05, 0) is 41.1 Å². The number of carbonyl (C=O) groups is 1. The molecule has 0 aliphatic heterocycles. The summed E-state index contributed by atoms with van der Waals surface area (Å²) in [5.41, 5.74) is 7.33. The number of anilines is 1. The summed E-state index contributed by atoms with van der Waals surface area (Å²) in [6.07, 6.45) is 3.07. The average Bonchev–Trinajstić information content (AvgIpc) is 2.54. The zero-order valence-electron chi connectivity index (χ0n) is 11.9. The van der Waals surface area contributed by atoms with Gasteiger partial charge in [0, 0.05) is 16.8 Å². The van der Waals surface area contributed by atoms with E-state index >= 15 is 0 Å². The number of hydrogen-bond donors (Lipinski definition) is 2. The lowest BCUT2D eigenvalue weighted by atomic mass is 10.0. The minimum absolute atomic E-state index is 0.142. The molecule has 0 saturated heterocycles. The summed E-state index contributed by atoms with van der Waals surface area (Å²) in [5, 5.41) is 12.0. The molecule has 0 aliphatic carbocycles. The van der Waals surface area contributed by atoms with Crippen LogP contribution in [0.1, 0.15) is 15.9 Å². The van der Waals surface area contributed by atoms with Crippen LogP contribution in [0.4, 0.5) is 5.69 Å². The van der Waals surface area contributed by atoms with Crippen molar-refractivity contribution < 1.29 is 9.90 Å². The summed E-state index contributed by atoms with van der Waals surface area (Å²) in [5.74, 6) is -0.0470. The van der Waals surface area contributed by atoms with Crippen LogP contribution in [0.5, 0.6) is 5.75 Å². The molecule has 0 heterocycles. The first-order valence-corrected chi connectivity index (χ1v) is 6.94. The number of carbonyl (C=O) groups excluding carboxylic acids is 1. The predicted octanol–water partition coefficient (Wildman–Crippen LogP) is 4.02. The Morgan fingerprint density at radius 3 is 2.50 bits per heavy atom. The van der Waals surface area contributed by atoms with Gasteiger partial charge in [-0.3, -0.25) is 4.79 Å². The van der Waals surface area contributed by atoms with Gasteiger partial charge in [0.15, 0.2) is 5.78 Å². The minimum atomic E-state index is -0.189. The number of fused-ring (bicyclic) bond motifs is 1. The van der Waals surface area contributed by atoms with Crippen LogP contribution in [0.25, 0.3) is 16.8 Å². The molecule has 0 saturated carbocycles. The van der Waals surface area contributed by atoms with E-state index in [4.69, 9.17) is 5.73 Å². The number of nitrogens with two attached hydrogens (primary N) is 1. The molecule has 0 aromatic heterocycles. The fraction of sp³-hybridized carbons (Fsp3) is 0. The van der Waals surface area contributed by atoms with Crippen molar-refractivity contribution in [3.05, 3.63) is 77.9 Å². The van der Waals surface area contributed by atoms with Gasteiger partial charge in [0.1, 0.15) is 5.75 Å². The number of nitrogen functional groups attached to an aromatic ring is 1. The number of hydrogen-bond acceptors (Lipinski definition) is 3. The number of benzene rings is 3. The molecule has 108 valence electrons. The van der Waals surface area contributed by atoms with Crippen LogP contribution in [0.2, 0.25) is 0 Å². The number of ketones is 1. The Bertz CT molecular complexity index is 881. The van der Waals surface area contributed by atoms with Gasteiger partial charge in [-0.15, -0.1) is 0 Å². The molecule has 0 atom stereocenters. The molecule has 3 aromatic carbocycles. The molecule has 0 spiro atoms. The van der Waals surface area contributed by atoms with Crippen molar-refractivity contribution in [2.24, 2.45) is 0 Å². The molecule has 0 aliphatic rings. The van der Waals surface area contributed by atoms with E-state index in [0.717, 1.165) is 10.8 Å². The van der Waals surface area contributed by atoms with Gasteiger partial charge in [0.2, 0.25) is 0 Å². The maximum atomic E-state index is 12.2. The minimum Gasteiger partial charge on any atom is -0.507 e. The Hall–Kier alpha value is -3.07. The van der Waals surface area contributed by atoms with E-state index in [9.17, 15) is 9.90 Å². The summed E-state index contributed by atoms with van der Waals surface area (Å²) >= 11 is 0. The van der Waals surface area contributed by atoms with Gasteiger partial charge < -0.3 is 10.8 Å². The van der Waals surface area contributed by atoms with Gasteiger partial charge in [-0.2, -0.15) is 0 Å². The van der Waals surface area contributed by atoms with Crippen LogP contribution in [0.3, 0.4) is 0 Å². The van der Waals surface area contributed by atoms with Crippen molar-refractivity contribution >= 4 is 28.3 Å². The van der Waals surface area contributed by atoms with Crippen LogP contribution >= 0.6 is 0 Å². The van der Waals surface area contributed by atoms with Crippen molar-refractivity contribution in [3.63, 3.8) is 0 Å². The zero-order chi connectivity index (χ0) is 15.5. The summed E-state index contributed by atoms with van der Waals surface area (Å²) in [7, 11) is 0. The van der Waals surface area contributed by atoms with E-state index in [1.54, 1.807) is 36.4 Å². The highest BCUT2D eigenvalue weighted by molar-refractivity contribution is 6.11. The number of allylic oxidation sites excluding steroid dienone is 1. The first-order valence-electron chi connectivity index (χ1n) is 6.94. The highest BCUT2D eigenvalue weighted by atomic mass is 16.3. The smallest absolute Gasteiger partial charge is 0.187 e. The Balaban J connectivity index is 2.01. The van der Waals surface area contributed by atoms with Gasteiger partial charge in [-0.25, -0.2) is 0 Å². The third-order valence-corrected chi connectivity index (χ3v) is 3.58. The zero-order valence-corrected chi connectivity index (χ0v) is 11.9. The van der Waals surface area contributed by atoms with Gasteiger partial charge in [-0.1, -0.05) is 42.5 Å². The van der Waals surface area contributed by atoms with E-state index in [1.165, 1.54) is 6.08 Å². The van der Waals surface area contributed by atoms with Crippen molar-refractivity contribution in [2.75, 3.05) is 5.73 Å². The summed E-state index contributed by atoms with van der Waals surface area (Å²) in [6, 6.07) is 18.1. The van der Waals surface area contributed by atoms with E-state index in [2.05, 4.69) is 0 Å². The second kappa shape index (κ2) is 5.74. The quantitative estimate of drug-likeness (QED) is 0.435. The highest BCUT2D eigenvalue weighted by Crippen LogP contribution is 2.28. The van der Waals surface area contributed by atoms with Crippen molar-refractivity contribution in [1.29, 1.82) is 0 Å². The highest BCUT2D eigenvalue weighted by Gasteiger charge is 2.07. The fourth-order valence-electron chi connectivity index (χ4n) is 2.43. The monoisotopic (exact) mass is 289 g/mol. The molecule has 3 aromatic rings. The Kier molecular flexibility index (Phi) is 3.62. The first-order chi connectivity index (χ1) is 10.7. The van der Waals surface area contributed by atoms with Crippen LogP contribution in [-0.4, -0.2) is 10.9 Å². The lowest BCUT2D eigenvalue weighted by Gasteiger charge is -2.05. The lowest BCUT2D eigenvalue weighted by Crippen LogP contribution is -2.00. The maximum absolute atomic E-state index is 12.2. The van der Waals surface area contributed by atoms with Gasteiger partial charge in [0.05, 0.1) is 0 Å². The molecule has 3 heteroatoms. The number of phenolic OH excluding ortho intramolecular Hbond substituents is 1. The van der Waals surface area contributed by atoms with Crippen LogP contribution in [0, 0.1) is 0 Å². The second-order valence-corrected chi connectivity index (χ2v) is 5.00. The molecule has 22 heavy (non-hydrogen) atoms. The molecule has 3 nitrogen and oxygen atoms in total. The third-order valence-electron chi connectivity index (χ3n) is 3.58. The maximum Gasteiger partial charge on any atom is 0.187 e. The standard InChI is InChI=1S/C19H15NO2/c20-17-8-4-3-7-16(17)19(22)12-10-15-14-6-2-1-5-13(14)9-11-18(15)21/h1-12,21H,20H2/b12-10+. The van der Waals surface area contributed by atoms with Crippen molar-refractivity contribution in [1.82, 2.24) is 0 Å². The fourth-order valence-corrected chi connectivity index (χ4v) is 2.43. The summed E-state index contributed by atoms with van der Waals surface area (Å²) in [6.45, 7) is 0. The topological polar surface area (TPSA) is 63.3 Å². The average molecular weight is 289 g/mol. The Morgan fingerprint density at radius 1 is 0.955 bits per heavy atom. The largest absolute Gasteiger partial charge is 0.507 e. The second-order valence-electron chi connectivity index (χ2n) is 5.00. The molecule has 0 bridgehead atoms. The van der Waals surface area contributed by atoms with Crippen LogP contribution in [0.15, 0.2) is 66.7 Å². The molecule has 3 rings (SSSR count).